The van der Waals surface area contributed by atoms with Gasteiger partial charge in [-0.05, 0) is 19.9 Å². The fourth-order valence-electron chi connectivity index (χ4n) is 1.83. The molecule has 0 fully saturated rings. The van der Waals surface area contributed by atoms with Crippen LogP contribution in [0, 0.1) is 5.41 Å². The van der Waals surface area contributed by atoms with Crippen LogP contribution in [-0.4, -0.2) is 17.6 Å². The Morgan fingerprint density at radius 1 is 1.33 bits per heavy atom. The van der Waals surface area contributed by atoms with E-state index >= 15 is 4.39 Å². The fraction of sp³-hybridized carbons (Fsp3) is 0.643. The summed E-state index contributed by atoms with van der Waals surface area (Å²) in [6.07, 6.45) is 3.14. The minimum Gasteiger partial charge on any atom is -0.489 e. The molecule has 3 nitrogen and oxygen atoms in total. The van der Waals surface area contributed by atoms with Gasteiger partial charge in [0.2, 0.25) is 0 Å². The van der Waals surface area contributed by atoms with E-state index < -0.39 is 11.1 Å². The fourth-order valence-corrected chi connectivity index (χ4v) is 1.83. The molecule has 1 rings (SSSR count). The normalized spacial score (nSPS) is 15.6. The highest BCUT2D eigenvalue weighted by molar-refractivity contribution is 5.30. The molecule has 1 unspecified atom stereocenters. The average molecular weight is 254 g/mol. The van der Waals surface area contributed by atoms with Crippen LogP contribution in [0.15, 0.2) is 18.5 Å². The van der Waals surface area contributed by atoms with Crippen molar-refractivity contribution in [2.24, 2.45) is 11.1 Å². The molecule has 1 atom stereocenters. The molecule has 1 heterocycles. The van der Waals surface area contributed by atoms with E-state index in [4.69, 9.17) is 10.5 Å². The minimum atomic E-state index is -1.61. The molecule has 0 aromatic carbocycles. The monoisotopic (exact) mass is 254 g/mol. The van der Waals surface area contributed by atoms with Gasteiger partial charge in [-0.25, -0.2) is 4.39 Å². The number of aromatic nitrogens is 1. The third-order valence-corrected chi connectivity index (χ3v) is 3.01. The summed E-state index contributed by atoms with van der Waals surface area (Å²) >= 11 is 0. The number of alkyl halides is 1. The molecule has 0 bridgehead atoms. The van der Waals surface area contributed by atoms with Crippen LogP contribution in [0.4, 0.5) is 4.39 Å². The Labute approximate surface area is 109 Å². The molecule has 1 aromatic heterocycles. The number of ether oxygens (including phenoxy) is 1. The molecule has 102 valence electrons. The second kappa shape index (κ2) is 5.22. The maximum Gasteiger partial charge on any atom is 0.154 e. The molecule has 0 spiro atoms. The van der Waals surface area contributed by atoms with E-state index in [1.54, 1.807) is 12.3 Å². The smallest absolute Gasteiger partial charge is 0.154 e. The van der Waals surface area contributed by atoms with Crippen molar-refractivity contribution >= 4 is 0 Å². The van der Waals surface area contributed by atoms with Crippen molar-refractivity contribution in [1.29, 1.82) is 0 Å². The van der Waals surface area contributed by atoms with Crippen molar-refractivity contribution < 1.29 is 9.13 Å². The summed E-state index contributed by atoms with van der Waals surface area (Å²) in [6.45, 7) is 9.24. The zero-order valence-corrected chi connectivity index (χ0v) is 11.8. The average Bonchev–Trinajstić information content (AvgIpc) is 2.25. The third-order valence-electron chi connectivity index (χ3n) is 3.01. The van der Waals surface area contributed by atoms with Gasteiger partial charge in [0.25, 0.3) is 0 Å². The lowest BCUT2D eigenvalue weighted by Crippen LogP contribution is -2.42. The van der Waals surface area contributed by atoms with Crippen LogP contribution in [0.1, 0.15) is 40.2 Å². The van der Waals surface area contributed by atoms with Crippen LogP contribution < -0.4 is 10.5 Å². The maximum absolute atomic E-state index is 15.1. The first-order chi connectivity index (χ1) is 8.20. The Morgan fingerprint density at radius 3 is 2.39 bits per heavy atom. The molecule has 0 saturated heterocycles. The number of hydrogen-bond donors (Lipinski definition) is 1. The van der Waals surface area contributed by atoms with E-state index in [-0.39, 0.29) is 12.6 Å². The maximum atomic E-state index is 15.1. The van der Waals surface area contributed by atoms with Gasteiger partial charge in [-0.2, -0.15) is 0 Å². The van der Waals surface area contributed by atoms with E-state index in [0.29, 0.717) is 11.3 Å². The van der Waals surface area contributed by atoms with Gasteiger partial charge in [0, 0.05) is 23.7 Å². The van der Waals surface area contributed by atoms with Gasteiger partial charge in [-0.1, -0.05) is 20.8 Å². The summed E-state index contributed by atoms with van der Waals surface area (Å²) < 4.78 is 20.6. The molecule has 4 heteroatoms. The number of pyridine rings is 1. The highest BCUT2D eigenvalue weighted by atomic mass is 19.1. The van der Waals surface area contributed by atoms with Gasteiger partial charge in [0.15, 0.2) is 5.67 Å². The number of rotatable bonds is 4. The zero-order chi connectivity index (χ0) is 14.0. The van der Waals surface area contributed by atoms with E-state index in [0.717, 1.165) is 0 Å². The molecule has 2 N–H and O–H groups in total. The largest absolute Gasteiger partial charge is 0.489 e. The van der Waals surface area contributed by atoms with Gasteiger partial charge >= 0.3 is 0 Å². The highest BCUT2D eigenvalue weighted by Crippen LogP contribution is 2.42. The van der Waals surface area contributed by atoms with E-state index in [2.05, 4.69) is 4.98 Å². The lowest BCUT2D eigenvalue weighted by molar-refractivity contribution is 0.0336. The molecule has 0 radical (unpaired) electrons. The van der Waals surface area contributed by atoms with Crippen LogP contribution in [0.25, 0.3) is 0 Å². The lowest BCUT2D eigenvalue weighted by atomic mass is 9.74. The number of hydrogen-bond acceptors (Lipinski definition) is 3. The van der Waals surface area contributed by atoms with Gasteiger partial charge in [0.1, 0.15) is 5.75 Å². The van der Waals surface area contributed by atoms with Gasteiger partial charge in [-0.15, -0.1) is 0 Å². The summed E-state index contributed by atoms with van der Waals surface area (Å²) in [5.41, 5.74) is 3.89. The molecule has 0 saturated carbocycles. The molecule has 1 aromatic rings. The molecule has 18 heavy (non-hydrogen) atoms. The predicted octanol–water partition coefficient (Wildman–Crippen LogP) is 3.04. The van der Waals surface area contributed by atoms with Crippen LogP contribution in [-0.2, 0) is 5.67 Å². The van der Waals surface area contributed by atoms with Crippen molar-refractivity contribution in [3.8, 4) is 5.75 Å². The minimum absolute atomic E-state index is 0.0311. The zero-order valence-electron chi connectivity index (χ0n) is 11.8. The van der Waals surface area contributed by atoms with Crippen LogP contribution in [0.2, 0.25) is 0 Å². The summed E-state index contributed by atoms with van der Waals surface area (Å²) in [7, 11) is 0. The third kappa shape index (κ3) is 2.99. The van der Waals surface area contributed by atoms with E-state index in [1.807, 2.05) is 34.6 Å². The quantitative estimate of drug-likeness (QED) is 0.898. The topological polar surface area (TPSA) is 48.1 Å². The Balaban J connectivity index is 3.15. The van der Waals surface area contributed by atoms with Crippen LogP contribution in [0.5, 0.6) is 5.75 Å². The van der Waals surface area contributed by atoms with Crippen LogP contribution in [0.3, 0.4) is 0 Å². The molecular weight excluding hydrogens is 231 g/mol. The second-order valence-corrected chi connectivity index (χ2v) is 5.83. The molecule has 0 aliphatic heterocycles. The van der Waals surface area contributed by atoms with Gasteiger partial charge in [-0.3, -0.25) is 4.98 Å². The van der Waals surface area contributed by atoms with Crippen molar-refractivity contribution in [1.82, 2.24) is 4.98 Å². The Morgan fingerprint density at radius 2 is 1.94 bits per heavy atom. The van der Waals surface area contributed by atoms with Crippen molar-refractivity contribution in [3.05, 3.63) is 24.0 Å². The summed E-state index contributed by atoms with van der Waals surface area (Å²) in [6, 6.07) is 1.69. The molecular formula is C14H23FN2O. The Hall–Kier alpha value is -1.16. The number of nitrogens with zero attached hydrogens (tertiary/aromatic N) is 1. The highest BCUT2D eigenvalue weighted by Gasteiger charge is 2.43. The summed E-state index contributed by atoms with van der Waals surface area (Å²) in [4.78, 5) is 4.04. The predicted molar refractivity (Wildman–Crippen MR) is 71.3 cm³/mol. The molecule has 0 aliphatic carbocycles. The first-order valence-corrected chi connectivity index (χ1v) is 6.22. The first kappa shape index (κ1) is 14.9. The van der Waals surface area contributed by atoms with Gasteiger partial charge in [0.05, 0.1) is 12.3 Å². The number of halogens is 1. The SMILES string of the molecule is CC(C)Oc1cncc(C(F)(CN)C(C)(C)C)c1. The molecule has 0 amide bonds. The second-order valence-electron chi connectivity index (χ2n) is 5.83. The Kier molecular flexibility index (Phi) is 4.32. The summed E-state index contributed by atoms with van der Waals surface area (Å²) in [5, 5.41) is 0. The van der Waals surface area contributed by atoms with Gasteiger partial charge < -0.3 is 10.5 Å². The van der Waals surface area contributed by atoms with E-state index in [9.17, 15) is 0 Å². The lowest BCUT2D eigenvalue weighted by Gasteiger charge is -2.37. The van der Waals surface area contributed by atoms with E-state index in [1.165, 1.54) is 6.20 Å². The summed E-state index contributed by atoms with van der Waals surface area (Å²) in [5.74, 6) is 0.572. The van der Waals surface area contributed by atoms with Crippen molar-refractivity contribution in [2.45, 2.75) is 46.4 Å². The van der Waals surface area contributed by atoms with Crippen molar-refractivity contribution in [3.63, 3.8) is 0 Å². The van der Waals surface area contributed by atoms with Crippen LogP contribution >= 0.6 is 0 Å². The Bertz CT molecular complexity index is 401. The first-order valence-electron chi connectivity index (χ1n) is 6.22. The van der Waals surface area contributed by atoms with Crippen molar-refractivity contribution in [2.75, 3.05) is 6.54 Å². The number of nitrogens with two attached hydrogens (primary N) is 1. The standard InChI is InChI=1S/C14H23FN2O/c1-10(2)18-12-6-11(7-17-8-12)14(15,9-16)13(3,4)5/h6-8,10H,9,16H2,1-5H3. The molecule has 0 aliphatic rings.